The first-order valence-electron chi connectivity index (χ1n) is 9.38. The van der Waals surface area contributed by atoms with Gasteiger partial charge in [0.1, 0.15) is 0 Å². The number of hydrogen-bond acceptors (Lipinski definition) is 5. The van der Waals surface area contributed by atoms with Gasteiger partial charge in [-0.3, -0.25) is 4.79 Å². The van der Waals surface area contributed by atoms with E-state index in [2.05, 4.69) is 0 Å². The molecule has 1 aromatic carbocycles. The molecule has 0 aromatic heterocycles. The van der Waals surface area contributed by atoms with Gasteiger partial charge in [-0.1, -0.05) is 0 Å². The lowest BCUT2D eigenvalue weighted by molar-refractivity contribution is -0.149. The molecule has 0 aliphatic carbocycles. The number of sulfonamides is 1. The van der Waals surface area contributed by atoms with E-state index in [1.165, 1.54) is 28.6 Å². The fourth-order valence-electron chi connectivity index (χ4n) is 4.32. The minimum Gasteiger partial charge on any atom is -0.381 e. The molecule has 3 aliphatic rings. The fraction of sp³-hybridized carbons (Fsp3) is 0.611. The summed E-state index contributed by atoms with van der Waals surface area (Å²) >= 11 is -2.15. The van der Waals surface area contributed by atoms with E-state index < -0.39 is 21.1 Å². The second kappa shape index (κ2) is 7.49. The van der Waals surface area contributed by atoms with Gasteiger partial charge in [0.2, 0.25) is 15.9 Å². The summed E-state index contributed by atoms with van der Waals surface area (Å²) in [5, 5.41) is 0. The fourth-order valence-corrected chi connectivity index (χ4v) is 6.21. The quantitative estimate of drug-likeness (QED) is 0.715. The number of carbonyl (C=O) groups excluding carboxylic acids is 1. The Morgan fingerprint density at radius 2 is 1.96 bits per heavy atom. The van der Waals surface area contributed by atoms with Crippen molar-refractivity contribution in [3.8, 4) is 0 Å². The van der Waals surface area contributed by atoms with Crippen LogP contribution in [0.1, 0.15) is 19.3 Å². The normalized spacial score (nSPS) is 26.2. The summed E-state index contributed by atoms with van der Waals surface area (Å²) in [6.45, 7) is 3.41. The van der Waals surface area contributed by atoms with E-state index in [1.54, 1.807) is 0 Å². The average Bonchev–Trinajstić information content (AvgIpc) is 3.17. The molecule has 3 aliphatic heterocycles. The molecule has 154 valence electrons. The third-order valence-electron chi connectivity index (χ3n) is 5.95. The molecule has 8 nitrogen and oxygen atoms in total. The molecule has 0 bridgehead atoms. The number of rotatable bonds is 4. The summed E-state index contributed by atoms with van der Waals surface area (Å²) in [6, 6.07) is 5.34. The Hall–Kier alpha value is -1.33. The molecule has 0 saturated carbocycles. The van der Waals surface area contributed by atoms with Crippen LogP contribution in [0.3, 0.4) is 0 Å². The van der Waals surface area contributed by atoms with Gasteiger partial charge in [0.25, 0.3) is 0 Å². The molecule has 10 heteroatoms. The largest absolute Gasteiger partial charge is 0.381 e. The van der Waals surface area contributed by atoms with Gasteiger partial charge < -0.3 is 14.2 Å². The molecule has 28 heavy (non-hydrogen) atoms. The second-order valence-electron chi connectivity index (χ2n) is 7.92. The second-order valence-corrected chi connectivity index (χ2v) is 10.8. The van der Waals surface area contributed by atoms with Crippen molar-refractivity contribution in [1.29, 1.82) is 0 Å². The molecular formula is C18H24N2O6S2. The van der Waals surface area contributed by atoms with Crippen molar-refractivity contribution in [2.24, 2.45) is 11.3 Å². The van der Waals surface area contributed by atoms with E-state index in [4.69, 9.17) is 9.29 Å². The highest BCUT2D eigenvalue weighted by Gasteiger charge is 2.49. The Bertz CT molecular complexity index is 872. The van der Waals surface area contributed by atoms with Crippen LogP contribution >= 0.6 is 0 Å². The summed E-state index contributed by atoms with van der Waals surface area (Å²) in [6.07, 6.45) is 2.31. The van der Waals surface area contributed by atoms with E-state index in [0.29, 0.717) is 39.1 Å². The number of carbonyl (C=O) groups is 1. The SMILES string of the molecule is O=C([C@@H]1CCCN(S(=O)(=O)c2ccc(S(=O)O)cc2)C1)N1CC2(CCOC2)C1. The molecule has 1 aromatic rings. The van der Waals surface area contributed by atoms with Gasteiger partial charge in [-0.15, -0.1) is 0 Å². The average molecular weight is 429 g/mol. The van der Waals surface area contributed by atoms with Crippen LogP contribution in [0.25, 0.3) is 0 Å². The van der Waals surface area contributed by atoms with Gasteiger partial charge >= 0.3 is 0 Å². The number of likely N-dealkylation sites (tertiary alicyclic amines) is 1. The summed E-state index contributed by atoms with van der Waals surface area (Å²) in [7, 11) is -3.75. The number of amides is 1. The summed E-state index contributed by atoms with van der Waals surface area (Å²) < 4.78 is 52.8. The minimum atomic E-state index is -3.75. The predicted octanol–water partition coefficient (Wildman–Crippen LogP) is 0.917. The van der Waals surface area contributed by atoms with Crippen LogP contribution in [0.4, 0.5) is 0 Å². The number of nitrogens with zero attached hydrogens (tertiary/aromatic N) is 2. The summed E-state index contributed by atoms with van der Waals surface area (Å²) in [5.74, 6) is -0.295. The minimum absolute atomic E-state index is 0.0310. The Labute approximate surface area is 167 Å². The van der Waals surface area contributed by atoms with Crippen molar-refractivity contribution in [1.82, 2.24) is 9.21 Å². The third-order valence-corrected chi connectivity index (χ3v) is 8.50. The van der Waals surface area contributed by atoms with E-state index in [9.17, 15) is 17.4 Å². The Kier molecular flexibility index (Phi) is 5.34. The number of piperidine rings is 1. The summed E-state index contributed by atoms with van der Waals surface area (Å²) in [4.78, 5) is 14.9. The van der Waals surface area contributed by atoms with Crippen LogP contribution in [-0.2, 0) is 30.6 Å². The van der Waals surface area contributed by atoms with Crippen molar-refractivity contribution in [3.63, 3.8) is 0 Å². The highest BCUT2D eigenvalue weighted by molar-refractivity contribution is 7.89. The first-order valence-corrected chi connectivity index (χ1v) is 11.9. The molecule has 1 N–H and O–H groups in total. The van der Waals surface area contributed by atoms with Crippen LogP contribution < -0.4 is 0 Å². The smallest absolute Gasteiger partial charge is 0.243 e. The lowest BCUT2D eigenvalue weighted by Crippen LogP contribution is -2.61. The zero-order chi connectivity index (χ0) is 19.9. The number of hydrogen-bond donors (Lipinski definition) is 1. The Morgan fingerprint density at radius 1 is 1.25 bits per heavy atom. The molecule has 4 rings (SSSR count). The lowest BCUT2D eigenvalue weighted by Gasteiger charge is -2.49. The first-order chi connectivity index (χ1) is 13.3. The third kappa shape index (κ3) is 3.63. The highest BCUT2D eigenvalue weighted by atomic mass is 32.2. The number of ether oxygens (including phenoxy) is 1. The molecular weight excluding hydrogens is 404 g/mol. The van der Waals surface area contributed by atoms with Crippen LogP contribution in [0.5, 0.6) is 0 Å². The van der Waals surface area contributed by atoms with Gasteiger partial charge in [-0.2, -0.15) is 4.31 Å². The van der Waals surface area contributed by atoms with E-state index in [0.717, 1.165) is 13.0 Å². The van der Waals surface area contributed by atoms with Crippen molar-refractivity contribution < 1.29 is 26.7 Å². The van der Waals surface area contributed by atoms with Gasteiger partial charge in [0.15, 0.2) is 11.1 Å². The highest BCUT2D eigenvalue weighted by Crippen LogP contribution is 2.39. The van der Waals surface area contributed by atoms with Gasteiger partial charge in [0, 0.05) is 38.2 Å². The number of benzene rings is 1. The van der Waals surface area contributed by atoms with E-state index in [-0.39, 0.29) is 33.6 Å². The standard InChI is InChI=1S/C18H24N2O6S2/c21-17(19-11-18(12-19)7-9-26-13-18)14-2-1-8-20(10-14)28(24,25)16-5-3-15(4-6-16)27(22)23/h3-6,14H,1-2,7-13H2,(H,22,23)/t14-/m1/s1. The van der Waals surface area contributed by atoms with Crippen LogP contribution in [0, 0.1) is 11.3 Å². The Balaban J connectivity index is 1.42. The van der Waals surface area contributed by atoms with Gasteiger partial charge in [-0.25, -0.2) is 12.6 Å². The lowest BCUT2D eigenvalue weighted by atomic mass is 9.78. The van der Waals surface area contributed by atoms with E-state index >= 15 is 0 Å². The molecule has 3 saturated heterocycles. The monoisotopic (exact) mass is 428 g/mol. The van der Waals surface area contributed by atoms with Gasteiger partial charge in [-0.05, 0) is 43.5 Å². The maximum atomic E-state index is 12.9. The van der Waals surface area contributed by atoms with Crippen molar-refractivity contribution in [2.75, 3.05) is 39.4 Å². The molecule has 1 unspecified atom stereocenters. The predicted molar refractivity (Wildman–Crippen MR) is 101 cm³/mol. The molecule has 3 fully saturated rings. The zero-order valence-electron chi connectivity index (χ0n) is 15.5. The van der Waals surface area contributed by atoms with E-state index in [1.807, 2.05) is 4.90 Å². The van der Waals surface area contributed by atoms with Crippen molar-refractivity contribution in [2.45, 2.75) is 29.1 Å². The van der Waals surface area contributed by atoms with Crippen LogP contribution in [0.15, 0.2) is 34.1 Å². The maximum absolute atomic E-state index is 12.9. The topological polar surface area (TPSA) is 104 Å². The molecule has 1 spiro atoms. The zero-order valence-corrected chi connectivity index (χ0v) is 17.1. The first kappa shape index (κ1) is 20.0. The Morgan fingerprint density at radius 3 is 2.57 bits per heavy atom. The van der Waals surface area contributed by atoms with Crippen LogP contribution in [0.2, 0.25) is 0 Å². The van der Waals surface area contributed by atoms with Crippen LogP contribution in [-0.4, -0.2) is 71.7 Å². The van der Waals surface area contributed by atoms with Crippen molar-refractivity contribution >= 4 is 27.0 Å². The molecule has 3 heterocycles. The van der Waals surface area contributed by atoms with Crippen molar-refractivity contribution in [3.05, 3.63) is 24.3 Å². The maximum Gasteiger partial charge on any atom is 0.243 e. The molecule has 0 radical (unpaired) electrons. The molecule has 1 amide bonds. The summed E-state index contributed by atoms with van der Waals surface area (Å²) in [5.41, 5.74) is 0.116. The molecule has 2 atom stereocenters. The van der Waals surface area contributed by atoms with Gasteiger partial charge in [0.05, 0.1) is 22.3 Å².